The molecular weight excluding hydrogens is 626 g/mol. The van der Waals surface area contributed by atoms with Gasteiger partial charge < -0.3 is 47.6 Å². The number of aliphatic imine (C=N–C) groups is 1. The molecule has 17 heteroatoms. The zero-order valence-corrected chi connectivity index (χ0v) is 27.7. The molecule has 264 valence electrons. The molecule has 0 unspecified atom stereocenters. The molecule has 17 nitrogen and oxygen atoms in total. The van der Waals surface area contributed by atoms with Crippen molar-refractivity contribution in [2.24, 2.45) is 22.4 Å². The van der Waals surface area contributed by atoms with Crippen molar-refractivity contribution < 1.29 is 38.7 Å². The second-order valence-electron chi connectivity index (χ2n) is 12.0. The quantitative estimate of drug-likeness (QED) is 0.0792. The fourth-order valence-electron chi connectivity index (χ4n) is 5.12. The minimum absolute atomic E-state index is 0.0129. The monoisotopic (exact) mass is 673 g/mol. The summed E-state index contributed by atoms with van der Waals surface area (Å²) in [5.74, 6) is -6.07. The fourth-order valence-corrected chi connectivity index (χ4v) is 5.12. The van der Waals surface area contributed by atoms with E-state index in [0.717, 1.165) is 4.90 Å². The molecule has 1 aliphatic heterocycles. The van der Waals surface area contributed by atoms with Crippen LogP contribution in [0, 0.1) is 5.92 Å². The fraction of sp³-hybridized carbons (Fsp3) is 0.548. The summed E-state index contributed by atoms with van der Waals surface area (Å²) >= 11 is 0. The standard InChI is InChI=1S/C31H47N9O8/c1-18(2)13-22-28(46)36-17-24(41)37-20(11-8-12-34-31(32)33)27(45)35-16-25(42)38-21(15-26(43)44)29(47)40(4)23(30(48)39(22)3)14-19-9-6-5-7-10-19/h5-7,9-10,18,20-23H,8,11-17H2,1-4H3,(H,35,45)(H,36,46)(H,37,41)(H,38,42)(H,43,44)(H4,32,33,34)/t20-,21-,22-,23+/m0/s1. The molecule has 48 heavy (non-hydrogen) atoms. The zero-order valence-electron chi connectivity index (χ0n) is 27.7. The lowest BCUT2D eigenvalue weighted by Crippen LogP contribution is -2.59. The van der Waals surface area contributed by atoms with Gasteiger partial charge in [0.15, 0.2) is 5.96 Å². The summed E-state index contributed by atoms with van der Waals surface area (Å²) in [5.41, 5.74) is 11.4. The van der Waals surface area contributed by atoms with Crippen molar-refractivity contribution in [2.45, 2.75) is 70.1 Å². The number of nitrogens with zero attached hydrogens (tertiary/aromatic N) is 3. The van der Waals surface area contributed by atoms with Gasteiger partial charge >= 0.3 is 5.97 Å². The number of hydrogen-bond donors (Lipinski definition) is 7. The number of benzene rings is 1. The third-order valence-electron chi connectivity index (χ3n) is 7.64. The Bertz CT molecular complexity index is 1350. The van der Waals surface area contributed by atoms with Crippen LogP contribution in [0.5, 0.6) is 0 Å². The molecule has 1 fully saturated rings. The lowest BCUT2D eigenvalue weighted by molar-refractivity contribution is -0.150. The minimum atomic E-state index is -1.60. The maximum absolute atomic E-state index is 14.1. The van der Waals surface area contributed by atoms with E-state index in [1.54, 1.807) is 30.3 Å². The summed E-state index contributed by atoms with van der Waals surface area (Å²) in [6.45, 7) is 2.68. The number of carbonyl (C=O) groups is 7. The van der Waals surface area contributed by atoms with Gasteiger partial charge in [-0.1, -0.05) is 44.2 Å². The van der Waals surface area contributed by atoms with Gasteiger partial charge in [-0.3, -0.25) is 38.6 Å². The van der Waals surface area contributed by atoms with Crippen LogP contribution in [0.4, 0.5) is 0 Å². The van der Waals surface area contributed by atoms with Crippen LogP contribution in [-0.4, -0.2) is 120 Å². The predicted octanol–water partition coefficient (Wildman–Crippen LogP) is -2.33. The number of carboxylic acid groups (broad SMARTS) is 1. The average Bonchev–Trinajstić information content (AvgIpc) is 3.03. The smallest absolute Gasteiger partial charge is 0.305 e. The van der Waals surface area contributed by atoms with Crippen LogP contribution in [0.3, 0.4) is 0 Å². The van der Waals surface area contributed by atoms with Crippen LogP contribution < -0.4 is 32.7 Å². The van der Waals surface area contributed by atoms with Crippen molar-refractivity contribution in [3.8, 4) is 0 Å². The first kappa shape index (κ1) is 39.0. The Morgan fingerprint density at radius 3 is 2.00 bits per heavy atom. The molecule has 9 N–H and O–H groups in total. The second-order valence-corrected chi connectivity index (χ2v) is 12.0. The van der Waals surface area contributed by atoms with Crippen LogP contribution in [0.25, 0.3) is 0 Å². The van der Waals surface area contributed by atoms with Gasteiger partial charge in [0.1, 0.15) is 24.2 Å². The molecule has 1 aliphatic rings. The van der Waals surface area contributed by atoms with E-state index in [1.165, 1.54) is 19.0 Å². The Hall–Kier alpha value is -5.22. The number of hydrogen-bond acceptors (Lipinski definition) is 8. The van der Waals surface area contributed by atoms with Crippen molar-refractivity contribution in [1.29, 1.82) is 0 Å². The van der Waals surface area contributed by atoms with Gasteiger partial charge in [0.05, 0.1) is 19.5 Å². The van der Waals surface area contributed by atoms with Crippen LogP contribution in [-0.2, 0) is 40.0 Å². The second kappa shape index (κ2) is 18.8. The maximum Gasteiger partial charge on any atom is 0.305 e. The molecule has 0 spiro atoms. The number of guanidine groups is 1. The van der Waals surface area contributed by atoms with Crippen molar-refractivity contribution in [3.63, 3.8) is 0 Å². The van der Waals surface area contributed by atoms with Crippen LogP contribution in [0.15, 0.2) is 35.3 Å². The van der Waals surface area contributed by atoms with Gasteiger partial charge in [-0.15, -0.1) is 0 Å². The van der Waals surface area contributed by atoms with E-state index in [2.05, 4.69) is 26.3 Å². The Morgan fingerprint density at radius 1 is 0.875 bits per heavy atom. The Morgan fingerprint density at radius 2 is 1.44 bits per heavy atom. The normalized spacial score (nSPS) is 22.2. The zero-order chi connectivity index (χ0) is 36.0. The lowest BCUT2D eigenvalue weighted by Gasteiger charge is -2.36. The minimum Gasteiger partial charge on any atom is -0.481 e. The molecule has 2 rings (SSSR count). The van der Waals surface area contributed by atoms with Gasteiger partial charge in [-0.25, -0.2) is 0 Å². The Labute approximate surface area is 279 Å². The summed E-state index contributed by atoms with van der Waals surface area (Å²) < 4.78 is 0. The van der Waals surface area contributed by atoms with E-state index in [-0.39, 0.29) is 44.1 Å². The number of nitrogens with two attached hydrogens (primary N) is 2. The maximum atomic E-state index is 14.1. The number of aliphatic carboxylic acids is 1. The molecule has 6 amide bonds. The molecule has 1 saturated heterocycles. The molecule has 0 radical (unpaired) electrons. The molecular formula is C31H47N9O8. The lowest BCUT2D eigenvalue weighted by atomic mass is 9.98. The highest BCUT2D eigenvalue weighted by Gasteiger charge is 2.38. The van der Waals surface area contributed by atoms with Crippen molar-refractivity contribution in [1.82, 2.24) is 31.1 Å². The van der Waals surface area contributed by atoms with E-state index in [1.807, 2.05) is 13.8 Å². The Balaban J connectivity index is 2.53. The summed E-state index contributed by atoms with van der Waals surface area (Å²) in [4.78, 5) is 98.1. The summed E-state index contributed by atoms with van der Waals surface area (Å²) in [7, 11) is 2.73. The summed E-state index contributed by atoms with van der Waals surface area (Å²) in [6.07, 6.45) is -0.264. The molecule has 0 bridgehead atoms. The first-order valence-corrected chi connectivity index (χ1v) is 15.6. The molecule has 0 aliphatic carbocycles. The number of likely N-dealkylation sites (N-methyl/N-ethyl adjacent to an activating group) is 2. The van der Waals surface area contributed by atoms with E-state index < -0.39 is 85.1 Å². The van der Waals surface area contributed by atoms with E-state index >= 15 is 0 Å². The average molecular weight is 674 g/mol. The molecule has 1 aromatic carbocycles. The first-order valence-electron chi connectivity index (χ1n) is 15.6. The van der Waals surface area contributed by atoms with Gasteiger partial charge in [-0.2, -0.15) is 0 Å². The third kappa shape index (κ3) is 12.5. The molecule has 4 atom stereocenters. The highest BCUT2D eigenvalue weighted by atomic mass is 16.4. The van der Waals surface area contributed by atoms with Crippen molar-refractivity contribution in [3.05, 3.63) is 35.9 Å². The number of nitrogens with one attached hydrogen (secondary N) is 4. The third-order valence-corrected chi connectivity index (χ3v) is 7.64. The highest BCUT2D eigenvalue weighted by molar-refractivity contribution is 5.97. The Kier molecular flexibility index (Phi) is 15.3. The van der Waals surface area contributed by atoms with E-state index in [4.69, 9.17) is 11.5 Å². The number of carbonyl (C=O) groups excluding carboxylic acids is 6. The van der Waals surface area contributed by atoms with Crippen molar-refractivity contribution in [2.75, 3.05) is 33.7 Å². The number of rotatable bonds is 10. The largest absolute Gasteiger partial charge is 0.481 e. The van der Waals surface area contributed by atoms with Crippen LogP contribution in [0.1, 0.15) is 45.1 Å². The van der Waals surface area contributed by atoms with Crippen molar-refractivity contribution >= 4 is 47.4 Å². The summed E-state index contributed by atoms with van der Waals surface area (Å²) in [5, 5.41) is 19.3. The van der Waals surface area contributed by atoms with Gasteiger partial charge in [0, 0.05) is 27.1 Å². The van der Waals surface area contributed by atoms with E-state index in [9.17, 15) is 38.7 Å². The van der Waals surface area contributed by atoms with E-state index in [0.29, 0.717) is 5.56 Å². The highest BCUT2D eigenvalue weighted by Crippen LogP contribution is 2.18. The summed E-state index contributed by atoms with van der Waals surface area (Å²) in [6, 6.07) is 3.76. The molecule has 0 saturated carbocycles. The molecule has 1 heterocycles. The first-order chi connectivity index (χ1) is 22.6. The molecule has 1 aromatic rings. The number of carboxylic acids is 1. The van der Waals surface area contributed by atoms with Gasteiger partial charge in [0.2, 0.25) is 35.4 Å². The topological polar surface area (TPSA) is 259 Å². The number of amides is 6. The van der Waals surface area contributed by atoms with Crippen LogP contribution >= 0.6 is 0 Å². The van der Waals surface area contributed by atoms with Gasteiger partial charge in [0.25, 0.3) is 0 Å². The SMILES string of the molecule is CC(C)C[C@H]1C(=O)NCC(=O)N[C@@H](CCCN=C(N)N)C(=O)NCC(=O)N[C@@H](CC(=O)O)C(=O)N(C)[C@H](Cc2ccccc2)C(=O)N1C. The van der Waals surface area contributed by atoms with Crippen LogP contribution in [0.2, 0.25) is 0 Å². The molecule has 0 aromatic heterocycles. The van der Waals surface area contributed by atoms with Gasteiger partial charge in [-0.05, 0) is 30.7 Å². The predicted molar refractivity (Wildman–Crippen MR) is 175 cm³/mol.